The van der Waals surface area contributed by atoms with Crippen LogP contribution in [-0.2, 0) is 11.3 Å². The van der Waals surface area contributed by atoms with Gasteiger partial charge in [0.2, 0.25) is 5.91 Å². The van der Waals surface area contributed by atoms with Gasteiger partial charge >= 0.3 is 0 Å². The van der Waals surface area contributed by atoms with E-state index in [1.54, 1.807) is 30.3 Å². The van der Waals surface area contributed by atoms with E-state index in [1.165, 1.54) is 0 Å². The minimum Gasteiger partial charge on any atom is -0.331 e. The van der Waals surface area contributed by atoms with Crippen LogP contribution in [0.4, 0.5) is 5.69 Å². The van der Waals surface area contributed by atoms with E-state index in [0.29, 0.717) is 37.5 Å². The number of pyridine rings is 1. The Hall–Kier alpha value is -2.82. The fourth-order valence-corrected chi connectivity index (χ4v) is 3.74. The van der Waals surface area contributed by atoms with Gasteiger partial charge in [-0.3, -0.25) is 9.59 Å². The number of para-hydroxylation sites is 2. The Kier molecular flexibility index (Phi) is 4.60. The number of benzene rings is 3. The standard InChI is InChI=1S/C21H14Cl2N2O2/c22-13-9-14(23)11-15(10-13)24-20(26)12-25-18-7-3-1-5-16(18)21(27)17-6-2-4-8-19(17)25/h1-11H,12H2,(H,24,26). The van der Waals surface area contributed by atoms with Gasteiger partial charge in [-0.1, -0.05) is 47.5 Å². The quantitative estimate of drug-likeness (QED) is 0.489. The topological polar surface area (TPSA) is 51.1 Å². The third kappa shape index (κ3) is 3.42. The molecule has 0 bridgehead atoms. The van der Waals surface area contributed by atoms with Gasteiger partial charge in [0.1, 0.15) is 6.54 Å². The number of nitrogens with zero attached hydrogens (tertiary/aromatic N) is 1. The Morgan fingerprint density at radius 1 is 0.852 bits per heavy atom. The lowest BCUT2D eigenvalue weighted by atomic mass is 10.1. The number of carbonyl (C=O) groups excluding carboxylic acids is 1. The Bertz CT molecular complexity index is 1170. The molecule has 4 aromatic rings. The van der Waals surface area contributed by atoms with Gasteiger partial charge in [-0.05, 0) is 42.5 Å². The number of fused-ring (bicyclic) bond motifs is 2. The van der Waals surface area contributed by atoms with E-state index >= 15 is 0 Å². The zero-order chi connectivity index (χ0) is 19.0. The van der Waals surface area contributed by atoms with Crippen molar-refractivity contribution in [1.82, 2.24) is 4.57 Å². The van der Waals surface area contributed by atoms with E-state index in [-0.39, 0.29) is 17.9 Å². The SMILES string of the molecule is O=C(Cn1c2ccccc2c(=O)c2ccccc21)Nc1cc(Cl)cc(Cl)c1. The van der Waals surface area contributed by atoms with Crippen LogP contribution in [0.1, 0.15) is 0 Å². The Morgan fingerprint density at radius 2 is 1.37 bits per heavy atom. The third-order valence-electron chi connectivity index (χ3n) is 4.33. The van der Waals surface area contributed by atoms with Gasteiger partial charge in [-0.15, -0.1) is 0 Å². The van der Waals surface area contributed by atoms with E-state index in [4.69, 9.17) is 23.2 Å². The summed E-state index contributed by atoms with van der Waals surface area (Å²) >= 11 is 12.0. The van der Waals surface area contributed by atoms with Gasteiger partial charge < -0.3 is 9.88 Å². The number of aromatic nitrogens is 1. The molecule has 1 aromatic heterocycles. The molecule has 6 heteroatoms. The average Bonchev–Trinajstić information content (AvgIpc) is 2.64. The van der Waals surface area contributed by atoms with E-state index in [1.807, 2.05) is 41.0 Å². The zero-order valence-corrected chi connectivity index (χ0v) is 15.6. The van der Waals surface area contributed by atoms with Crippen LogP contribution in [0.2, 0.25) is 10.0 Å². The Balaban J connectivity index is 1.79. The van der Waals surface area contributed by atoms with Crippen LogP contribution in [0.3, 0.4) is 0 Å². The number of anilines is 1. The number of hydrogen-bond acceptors (Lipinski definition) is 2. The van der Waals surface area contributed by atoms with Crippen LogP contribution in [0.15, 0.2) is 71.5 Å². The van der Waals surface area contributed by atoms with Gasteiger partial charge in [0.15, 0.2) is 5.43 Å². The van der Waals surface area contributed by atoms with Gasteiger partial charge in [-0.2, -0.15) is 0 Å². The van der Waals surface area contributed by atoms with Crippen molar-refractivity contribution in [3.05, 3.63) is 87.0 Å². The van der Waals surface area contributed by atoms with Crippen molar-refractivity contribution >= 4 is 56.6 Å². The number of halogens is 2. The maximum Gasteiger partial charge on any atom is 0.244 e. The van der Waals surface area contributed by atoms with Crippen molar-refractivity contribution in [2.75, 3.05) is 5.32 Å². The lowest BCUT2D eigenvalue weighted by molar-refractivity contribution is -0.116. The minimum absolute atomic E-state index is 0.0421. The van der Waals surface area contributed by atoms with E-state index in [2.05, 4.69) is 5.32 Å². The molecule has 27 heavy (non-hydrogen) atoms. The molecule has 1 N–H and O–H groups in total. The van der Waals surface area contributed by atoms with Crippen molar-refractivity contribution < 1.29 is 4.79 Å². The molecule has 0 saturated carbocycles. The van der Waals surface area contributed by atoms with Crippen LogP contribution in [-0.4, -0.2) is 10.5 Å². The van der Waals surface area contributed by atoms with Crippen molar-refractivity contribution in [3.63, 3.8) is 0 Å². The summed E-state index contributed by atoms with van der Waals surface area (Å²) in [6, 6.07) is 19.4. The summed E-state index contributed by atoms with van der Waals surface area (Å²) in [4.78, 5) is 25.4. The van der Waals surface area contributed by atoms with Gasteiger partial charge in [0.25, 0.3) is 0 Å². The van der Waals surface area contributed by atoms with E-state index in [0.717, 1.165) is 0 Å². The van der Waals surface area contributed by atoms with Crippen molar-refractivity contribution in [2.45, 2.75) is 6.54 Å². The number of nitrogens with one attached hydrogen (secondary N) is 1. The van der Waals surface area contributed by atoms with Crippen LogP contribution in [0, 0.1) is 0 Å². The van der Waals surface area contributed by atoms with E-state index < -0.39 is 0 Å². The second-order valence-corrected chi connectivity index (χ2v) is 7.03. The molecule has 0 aliphatic rings. The molecular weight excluding hydrogens is 383 g/mol. The molecule has 0 saturated heterocycles. The Labute approximate surface area is 164 Å². The largest absolute Gasteiger partial charge is 0.331 e. The number of amides is 1. The third-order valence-corrected chi connectivity index (χ3v) is 4.76. The predicted octanol–water partition coefficient (Wildman–Crippen LogP) is 5.10. The first-order valence-electron chi connectivity index (χ1n) is 8.29. The van der Waals surface area contributed by atoms with Gasteiger partial charge in [-0.25, -0.2) is 0 Å². The molecule has 0 aliphatic carbocycles. The van der Waals surface area contributed by atoms with Crippen LogP contribution in [0.25, 0.3) is 21.8 Å². The van der Waals surface area contributed by atoms with E-state index in [9.17, 15) is 9.59 Å². The summed E-state index contributed by atoms with van der Waals surface area (Å²) in [6.45, 7) is 0.0471. The maximum absolute atomic E-state index is 12.7. The number of hydrogen-bond donors (Lipinski definition) is 1. The molecule has 0 unspecified atom stereocenters. The summed E-state index contributed by atoms with van der Waals surface area (Å²) < 4.78 is 1.84. The van der Waals surface area contributed by atoms with Crippen molar-refractivity contribution in [2.24, 2.45) is 0 Å². The molecule has 0 aliphatic heterocycles. The highest BCUT2D eigenvalue weighted by Crippen LogP contribution is 2.23. The molecule has 0 fully saturated rings. The monoisotopic (exact) mass is 396 g/mol. The highest BCUT2D eigenvalue weighted by molar-refractivity contribution is 6.35. The van der Waals surface area contributed by atoms with Crippen LogP contribution in [0.5, 0.6) is 0 Å². The summed E-state index contributed by atoms with van der Waals surface area (Å²) in [6.07, 6.45) is 0. The fraction of sp³-hybridized carbons (Fsp3) is 0.0476. The van der Waals surface area contributed by atoms with Crippen LogP contribution >= 0.6 is 23.2 Å². The first-order chi connectivity index (χ1) is 13.0. The highest BCUT2D eigenvalue weighted by atomic mass is 35.5. The summed E-state index contributed by atoms with van der Waals surface area (Å²) in [5, 5.41) is 4.85. The normalized spacial score (nSPS) is 11.0. The summed E-state index contributed by atoms with van der Waals surface area (Å²) in [7, 11) is 0. The molecule has 3 aromatic carbocycles. The average molecular weight is 397 g/mol. The lowest BCUT2D eigenvalue weighted by Crippen LogP contribution is -2.21. The Morgan fingerprint density at radius 3 is 1.93 bits per heavy atom. The maximum atomic E-state index is 12.7. The summed E-state index contributed by atoms with van der Waals surface area (Å²) in [5.74, 6) is -0.243. The number of rotatable bonds is 3. The molecule has 0 atom stereocenters. The molecule has 4 rings (SSSR count). The summed E-state index contributed by atoms with van der Waals surface area (Å²) in [5.41, 5.74) is 1.90. The molecule has 1 amide bonds. The molecule has 1 heterocycles. The highest BCUT2D eigenvalue weighted by Gasteiger charge is 2.13. The van der Waals surface area contributed by atoms with Crippen molar-refractivity contribution in [1.29, 1.82) is 0 Å². The predicted molar refractivity (Wildman–Crippen MR) is 111 cm³/mol. The molecular formula is C21H14Cl2N2O2. The first-order valence-corrected chi connectivity index (χ1v) is 9.05. The fourth-order valence-electron chi connectivity index (χ4n) is 3.22. The molecule has 4 nitrogen and oxygen atoms in total. The smallest absolute Gasteiger partial charge is 0.244 e. The van der Waals surface area contributed by atoms with Gasteiger partial charge in [0, 0.05) is 26.5 Å². The first kappa shape index (κ1) is 17.6. The van der Waals surface area contributed by atoms with Gasteiger partial charge in [0.05, 0.1) is 11.0 Å². The molecule has 0 spiro atoms. The second-order valence-electron chi connectivity index (χ2n) is 6.16. The lowest BCUT2D eigenvalue weighted by Gasteiger charge is -2.15. The zero-order valence-electron chi connectivity index (χ0n) is 14.1. The molecule has 0 radical (unpaired) electrons. The number of carbonyl (C=O) groups is 1. The molecule has 134 valence electrons. The van der Waals surface area contributed by atoms with Crippen LogP contribution < -0.4 is 10.7 Å². The second kappa shape index (κ2) is 7.06. The minimum atomic E-state index is -0.243. The van der Waals surface area contributed by atoms with Crippen molar-refractivity contribution in [3.8, 4) is 0 Å².